The van der Waals surface area contributed by atoms with Crippen molar-refractivity contribution in [1.82, 2.24) is 4.90 Å². The Morgan fingerprint density at radius 2 is 1.85 bits per heavy atom. The zero-order valence-electron chi connectivity index (χ0n) is 19.5. The van der Waals surface area contributed by atoms with E-state index in [2.05, 4.69) is 33.8 Å². The summed E-state index contributed by atoms with van der Waals surface area (Å²) in [6, 6.07) is 19.4. The van der Waals surface area contributed by atoms with Gasteiger partial charge in [0.25, 0.3) is 5.91 Å². The third kappa shape index (κ3) is 6.38. The van der Waals surface area contributed by atoms with Crippen LogP contribution in [0.2, 0.25) is 0 Å². The van der Waals surface area contributed by atoms with Gasteiger partial charge in [0.1, 0.15) is 5.75 Å². The number of benzene rings is 2. The summed E-state index contributed by atoms with van der Waals surface area (Å²) in [5, 5.41) is 5.00. The molecule has 0 radical (unpaired) electrons. The molecule has 2 aromatic carbocycles. The Morgan fingerprint density at radius 1 is 1.00 bits per heavy atom. The third-order valence-corrected chi connectivity index (χ3v) is 6.96. The van der Waals surface area contributed by atoms with Crippen molar-refractivity contribution in [1.29, 1.82) is 0 Å². The molecule has 0 aliphatic carbocycles. The highest BCUT2D eigenvalue weighted by molar-refractivity contribution is 7.09. The molecule has 1 fully saturated rings. The number of hydrogen-bond acceptors (Lipinski definition) is 5. The molecule has 178 valence electrons. The summed E-state index contributed by atoms with van der Waals surface area (Å²) in [5.41, 5.74) is 2.41. The second-order valence-electron chi connectivity index (χ2n) is 8.39. The number of carbonyl (C=O) groups excluding carboxylic acids is 2. The van der Waals surface area contributed by atoms with E-state index < -0.39 is 0 Å². The Kier molecular flexibility index (Phi) is 8.20. The minimum absolute atomic E-state index is 0.00498. The van der Waals surface area contributed by atoms with Crippen LogP contribution in [0.3, 0.4) is 0 Å². The molecular weight excluding hydrogens is 446 g/mol. The Hall–Kier alpha value is -3.32. The molecular formula is C27H31N3O3S. The van der Waals surface area contributed by atoms with Crippen LogP contribution in [0.15, 0.2) is 66.0 Å². The van der Waals surface area contributed by atoms with E-state index in [0.29, 0.717) is 30.8 Å². The molecule has 0 spiro atoms. The van der Waals surface area contributed by atoms with Crippen LogP contribution in [-0.4, -0.2) is 50.0 Å². The van der Waals surface area contributed by atoms with E-state index in [0.717, 1.165) is 43.8 Å². The quantitative estimate of drug-likeness (QED) is 0.492. The highest BCUT2D eigenvalue weighted by Crippen LogP contribution is 2.22. The lowest BCUT2D eigenvalue weighted by atomic mass is 10.1. The number of nitrogens with zero attached hydrogens (tertiary/aromatic N) is 2. The average Bonchev–Trinajstić information content (AvgIpc) is 3.26. The first-order chi connectivity index (χ1) is 16.6. The summed E-state index contributed by atoms with van der Waals surface area (Å²) in [7, 11) is 1.66. The van der Waals surface area contributed by atoms with Gasteiger partial charge in [0.2, 0.25) is 5.91 Å². The van der Waals surface area contributed by atoms with Crippen LogP contribution >= 0.6 is 11.3 Å². The fourth-order valence-corrected chi connectivity index (χ4v) is 4.94. The number of ether oxygens (including phenoxy) is 1. The van der Waals surface area contributed by atoms with Gasteiger partial charge in [-0.15, -0.1) is 11.3 Å². The molecule has 3 aromatic rings. The number of aryl methyl sites for hydroxylation is 1. The highest BCUT2D eigenvalue weighted by atomic mass is 32.1. The Labute approximate surface area is 205 Å². The van der Waals surface area contributed by atoms with Crippen LogP contribution in [-0.2, 0) is 11.2 Å². The first-order valence-electron chi connectivity index (χ1n) is 11.7. The molecule has 1 aliphatic heterocycles. The Morgan fingerprint density at radius 3 is 2.62 bits per heavy atom. The molecule has 0 unspecified atom stereocenters. The SMILES string of the molecule is COc1ccc(N2CCCN(C(=O)c3cccc(NC(=O)CCCc4cccs4)c3)CC2)cc1. The van der Waals surface area contributed by atoms with Crippen molar-refractivity contribution in [2.75, 3.05) is 43.5 Å². The van der Waals surface area contributed by atoms with E-state index >= 15 is 0 Å². The lowest BCUT2D eigenvalue weighted by molar-refractivity contribution is -0.116. The summed E-state index contributed by atoms with van der Waals surface area (Å²) in [4.78, 5) is 31.1. The molecule has 1 aliphatic rings. The van der Waals surface area contributed by atoms with E-state index in [1.54, 1.807) is 24.5 Å². The number of amides is 2. The Bertz CT molecular complexity index is 1080. The van der Waals surface area contributed by atoms with Gasteiger partial charge in [-0.05, 0) is 73.2 Å². The molecule has 4 rings (SSSR count). The first-order valence-corrected chi connectivity index (χ1v) is 12.6. The monoisotopic (exact) mass is 477 g/mol. The van der Waals surface area contributed by atoms with Crippen LogP contribution in [0.4, 0.5) is 11.4 Å². The summed E-state index contributed by atoms with van der Waals surface area (Å²) in [5.74, 6) is 0.821. The topological polar surface area (TPSA) is 61.9 Å². The van der Waals surface area contributed by atoms with Crippen molar-refractivity contribution >= 4 is 34.5 Å². The van der Waals surface area contributed by atoms with Gasteiger partial charge in [-0.25, -0.2) is 0 Å². The molecule has 2 amide bonds. The van der Waals surface area contributed by atoms with Crippen LogP contribution in [0.1, 0.15) is 34.5 Å². The summed E-state index contributed by atoms with van der Waals surface area (Å²) in [6.07, 6.45) is 3.08. The van der Waals surface area contributed by atoms with Gasteiger partial charge in [-0.1, -0.05) is 12.1 Å². The van der Waals surface area contributed by atoms with Crippen molar-refractivity contribution in [3.63, 3.8) is 0 Å². The lowest BCUT2D eigenvalue weighted by Crippen LogP contribution is -2.35. The van der Waals surface area contributed by atoms with Gasteiger partial charge in [-0.3, -0.25) is 9.59 Å². The van der Waals surface area contributed by atoms with Crippen LogP contribution in [0.5, 0.6) is 5.75 Å². The van der Waals surface area contributed by atoms with Crippen LogP contribution in [0.25, 0.3) is 0 Å². The van der Waals surface area contributed by atoms with Gasteiger partial charge < -0.3 is 19.9 Å². The molecule has 34 heavy (non-hydrogen) atoms. The molecule has 0 saturated carbocycles. The fourth-order valence-electron chi connectivity index (χ4n) is 4.19. The summed E-state index contributed by atoms with van der Waals surface area (Å²) in [6.45, 7) is 3.05. The summed E-state index contributed by atoms with van der Waals surface area (Å²) < 4.78 is 5.25. The fraction of sp³-hybridized carbons (Fsp3) is 0.333. The number of nitrogens with one attached hydrogen (secondary N) is 1. The maximum Gasteiger partial charge on any atom is 0.253 e. The molecule has 1 aromatic heterocycles. The maximum absolute atomic E-state index is 13.2. The van der Waals surface area contributed by atoms with Gasteiger partial charge in [0.15, 0.2) is 0 Å². The maximum atomic E-state index is 13.2. The molecule has 2 heterocycles. The third-order valence-electron chi connectivity index (χ3n) is 6.02. The zero-order valence-corrected chi connectivity index (χ0v) is 20.4. The van der Waals surface area contributed by atoms with E-state index in [-0.39, 0.29) is 11.8 Å². The number of methoxy groups -OCH3 is 1. The minimum atomic E-state index is -0.0222. The zero-order chi connectivity index (χ0) is 23.8. The van der Waals surface area contributed by atoms with Gasteiger partial charge >= 0.3 is 0 Å². The van der Waals surface area contributed by atoms with Crippen molar-refractivity contribution in [2.45, 2.75) is 25.7 Å². The van der Waals surface area contributed by atoms with Gasteiger partial charge in [-0.2, -0.15) is 0 Å². The number of thiophene rings is 1. The second kappa shape index (κ2) is 11.7. The standard InChI is InChI=1S/C27H31N3O3S/c1-33-24-13-11-23(12-14-24)29-15-5-16-30(18-17-29)27(32)21-6-2-7-22(20-21)28-26(31)10-3-8-25-9-4-19-34-25/h2,4,6-7,9,11-14,19-20H,3,5,8,10,15-18H2,1H3,(H,28,31). The molecule has 6 nitrogen and oxygen atoms in total. The number of carbonyl (C=O) groups is 2. The average molecular weight is 478 g/mol. The van der Waals surface area contributed by atoms with Crippen molar-refractivity contribution in [3.05, 3.63) is 76.5 Å². The van der Waals surface area contributed by atoms with E-state index in [1.807, 2.05) is 41.3 Å². The number of anilines is 2. The highest BCUT2D eigenvalue weighted by Gasteiger charge is 2.21. The summed E-state index contributed by atoms with van der Waals surface area (Å²) >= 11 is 1.72. The molecule has 0 atom stereocenters. The smallest absolute Gasteiger partial charge is 0.253 e. The van der Waals surface area contributed by atoms with Crippen molar-refractivity contribution in [2.24, 2.45) is 0 Å². The Balaban J connectivity index is 1.30. The predicted octanol–water partition coefficient (Wildman–Crippen LogP) is 5.07. The van der Waals surface area contributed by atoms with Gasteiger partial charge in [0.05, 0.1) is 7.11 Å². The van der Waals surface area contributed by atoms with Gasteiger partial charge in [0, 0.05) is 54.4 Å². The molecule has 1 N–H and O–H groups in total. The van der Waals surface area contributed by atoms with Crippen LogP contribution < -0.4 is 15.0 Å². The van der Waals surface area contributed by atoms with E-state index in [4.69, 9.17) is 4.74 Å². The lowest BCUT2D eigenvalue weighted by Gasteiger charge is -2.24. The molecule has 7 heteroatoms. The normalized spacial score (nSPS) is 13.9. The van der Waals surface area contributed by atoms with E-state index in [1.165, 1.54) is 4.88 Å². The predicted molar refractivity (Wildman–Crippen MR) is 138 cm³/mol. The minimum Gasteiger partial charge on any atom is -0.497 e. The van der Waals surface area contributed by atoms with Crippen LogP contribution in [0, 0.1) is 0 Å². The first kappa shape index (κ1) is 23.8. The largest absolute Gasteiger partial charge is 0.497 e. The molecule has 1 saturated heterocycles. The second-order valence-corrected chi connectivity index (χ2v) is 9.42. The number of rotatable bonds is 8. The van der Waals surface area contributed by atoms with E-state index in [9.17, 15) is 9.59 Å². The molecule has 0 bridgehead atoms. The number of hydrogen-bond donors (Lipinski definition) is 1. The van der Waals surface area contributed by atoms with Crippen molar-refractivity contribution in [3.8, 4) is 5.75 Å². The van der Waals surface area contributed by atoms with Crippen molar-refractivity contribution < 1.29 is 14.3 Å².